The quantitative estimate of drug-likeness (QED) is 0.857. The summed E-state index contributed by atoms with van der Waals surface area (Å²) in [7, 11) is 1.51. The molecule has 0 radical (unpaired) electrons. The number of rotatable bonds is 6. The van der Waals surface area contributed by atoms with Gasteiger partial charge < -0.3 is 14.7 Å². The van der Waals surface area contributed by atoms with Crippen LogP contribution in [0.4, 0.5) is 0 Å². The Labute approximate surface area is 150 Å². The maximum absolute atomic E-state index is 12.7. The van der Waals surface area contributed by atoms with Gasteiger partial charge >= 0.3 is 5.97 Å². The first-order valence-corrected chi connectivity index (χ1v) is 9.05. The molecule has 2 atom stereocenters. The Kier molecular flexibility index (Phi) is 5.45. The molecule has 1 fully saturated rings. The third kappa shape index (κ3) is 4.05. The van der Waals surface area contributed by atoms with Crippen molar-refractivity contribution in [3.05, 3.63) is 52.0 Å². The predicted molar refractivity (Wildman–Crippen MR) is 93.7 cm³/mol. The maximum atomic E-state index is 12.7. The number of carbonyl (C=O) groups is 2. The van der Waals surface area contributed by atoms with Crippen LogP contribution in [0.5, 0.6) is 0 Å². The lowest BCUT2D eigenvalue weighted by Gasteiger charge is -2.24. The molecule has 0 spiro atoms. The SMILES string of the molecule is CN(C(=O)c1csc(C2CCCO2)n1)C(Cc1ccccc1)C(=O)O. The number of carboxylic acid groups (broad SMARTS) is 1. The fraction of sp³-hybridized carbons (Fsp3) is 0.389. The monoisotopic (exact) mass is 360 g/mol. The molecule has 7 heteroatoms. The molecule has 2 aromatic rings. The van der Waals surface area contributed by atoms with Gasteiger partial charge in [-0.1, -0.05) is 30.3 Å². The van der Waals surface area contributed by atoms with Gasteiger partial charge in [0.2, 0.25) is 0 Å². The Hall–Kier alpha value is -2.25. The second-order valence-electron chi connectivity index (χ2n) is 6.03. The van der Waals surface area contributed by atoms with Gasteiger partial charge in [0.25, 0.3) is 5.91 Å². The molecule has 1 amide bonds. The highest BCUT2D eigenvalue weighted by molar-refractivity contribution is 7.09. The minimum absolute atomic E-state index is 0.0450. The van der Waals surface area contributed by atoms with E-state index in [0.29, 0.717) is 6.61 Å². The first kappa shape index (κ1) is 17.6. The molecule has 2 heterocycles. The van der Waals surface area contributed by atoms with Crippen LogP contribution in [-0.2, 0) is 16.0 Å². The average Bonchev–Trinajstić information content (AvgIpc) is 3.30. The minimum atomic E-state index is -1.03. The molecule has 1 aromatic heterocycles. The number of aromatic nitrogens is 1. The molecule has 0 aliphatic carbocycles. The van der Waals surface area contributed by atoms with E-state index in [1.54, 1.807) is 5.38 Å². The Bertz CT molecular complexity index is 741. The van der Waals surface area contributed by atoms with Crippen molar-refractivity contribution in [1.29, 1.82) is 0 Å². The van der Waals surface area contributed by atoms with Gasteiger partial charge in [-0.2, -0.15) is 0 Å². The highest BCUT2D eigenvalue weighted by Gasteiger charge is 2.30. The molecule has 132 valence electrons. The van der Waals surface area contributed by atoms with Crippen molar-refractivity contribution < 1.29 is 19.4 Å². The molecule has 1 aliphatic heterocycles. The van der Waals surface area contributed by atoms with Crippen LogP contribution >= 0.6 is 11.3 Å². The molecule has 1 aliphatic rings. The van der Waals surface area contributed by atoms with Gasteiger partial charge in [-0.3, -0.25) is 4.79 Å². The molecule has 0 bridgehead atoms. The standard InChI is InChI=1S/C18H20N2O4S/c1-20(14(18(22)23)10-12-6-3-2-4-7-12)17(21)13-11-25-16(19-13)15-8-5-9-24-15/h2-4,6-7,11,14-15H,5,8-10H2,1H3,(H,22,23). The van der Waals surface area contributed by atoms with E-state index >= 15 is 0 Å². The van der Waals surface area contributed by atoms with Crippen molar-refractivity contribution in [2.45, 2.75) is 31.4 Å². The highest BCUT2D eigenvalue weighted by Crippen LogP contribution is 2.30. The van der Waals surface area contributed by atoms with Crippen molar-refractivity contribution in [3.63, 3.8) is 0 Å². The molecule has 1 N–H and O–H groups in total. The van der Waals surface area contributed by atoms with Crippen molar-refractivity contribution in [2.75, 3.05) is 13.7 Å². The third-order valence-corrected chi connectivity index (χ3v) is 5.23. The first-order valence-electron chi connectivity index (χ1n) is 8.17. The Balaban J connectivity index is 1.73. The summed E-state index contributed by atoms with van der Waals surface area (Å²) in [6.45, 7) is 0.714. The highest BCUT2D eigenvalue weighted by atomic mass is 32.1. The number of thiazole rings is 1. The normalized spacial score (nSPS) is 18.0. The zero-order chi connectivity index (χ0) is 17.8. The Morgan fingerprint density at radius 3 is 2.80 bits per heavy atom. The summed E-state index contributed by atoms with van der Waals surface area (Å²) in [6.07, 6.45) is 2.10. The topological polar surface area (TPSA) is 79.7 Å². The molecular formula is C18H20N2O4S. The molecule has 25 heavy (non-hydrogen) atoms. The lowest BCUT2D eigenvalue weighted by atomic mass is 10.0. The average molecular weight is 360 g/mol. The Morgan fingerprint density at radius 1 is 1.40 bits per heavy atom. The zero-order valence-corrected chi connectivity index (χ0v) is 14.7. The van der Waals surface area contributed by atoms with E-state index in [4.69, 9.17) is 4.74 Å². The zero-order valence-electron chi connectivity index (χ0n) is 13.9. The van der Waals surface area contributed by atoms with E-state index < -0.39 is 12.0 Å². The van der Waals surface area contributed by atoms with Gasteiger partial charge in [-0.25, -0.2) is 9.78 Å². The van der Waals surface area contributed by atoms with E-state index in [1.807, 2.05) is 30.3 Å². The lowest BCUT2D eigenvalue weighted by molar-refractivity contribution is -0.141. The summed E-state index contributed by atoms with van der Waals surface area (Å²) in [6, 6.07) is 8.34. The molecule has 3 rings (SSSR count). The van der Waals surface area contributed by atoms with Crippen molar-refractivity contribution in [3.8, 4) is 0 Å². The van der Waals surface area contributed by atoms with Crippen LogP contribution in [-0.4, -0.2) is 46.6 Å². The molecule has 6 nitrogen and oxygen atoms in total. The van der Waals surface area contributed by atoms with Crippen LogP contribution in [0.2, 0.25) is 0 Å². The number of hydrogen-bond acceptors (Lipinski definition) is 5. The van der Waals surface area contributed by atoms with Gasteiger partial charge in [-0.05, 0) is 18.4 Å². The van der Waals surface area contributed by atoms with E-state index in [-0.39, 0.29) is 24.1 Å². The maximum Gasteiger partial charge on any atom is 0.326 e. The van der Waals surface area contributed by atoms with Crippen LogP contribution in [0.15, 0.2) is 35.7 Å². The summed E-state index contributed by atoms with van der Waals surface area (Å²) in [5, 5.41) is 12.0. The van der Waals surface area contributed by atoms with Gasteiger partial charge in [0.05, 0.1) is 0 Å². The third-order valence-electron chi connectivity index (χ3n) is 4.29. The van der Waals surface area contributed by atoms with Crippen molar-refractivity contribution in [1.82, 2.24) is 9.88 Å². The van der Waals surface area contributed by atoms with Gasteiger partial charge in [0.15, 0.2) is 0 Å². The molecule has 2 unspecified atom stereocenters. The second kappa shape index (κ2) is 7.76. The number of hydrogen-bond donors (Lipinski definition) is 1. The molecule has 1 saturated heterocycles. The number of carboxylic acids is 1. The fourth-order valence-electron chi connectivity index (χ4n) is 2.86. The van der Waals surface area contributed by atoms with E-state index in [9.17, 15) is 14.7 Å². The number of aliphatic carboxylic acids is 1. The van der Waals surface area contributed by atoms with Gasteiger partial charge in [-0.15, -0.1) is 11.3 Å². The summed E-state index contributed by atoms with van der Waals surface area (Å²) < 4.78 is 5.59. The second-order valence-corrected chi connectivity index (χ2v) is 6.92. The summed E-state index contributed by atoms with van der Waals surface area (Å²) in [5.41, 5.74) is 1.14. The lowest BCUT2D eigenvalue weighted by Crippen LogP contribution is -2.44. The van der Waals surface area contributed by atoms with Crippen molar-refractivity contribution in [2.24, 2.45) is 0 Å². The van der Waals surface area contributed by atoms with E-state index in [2.05, 4.69) is 4.98 Å². The number of carbonyl (C=O) groups excluding carboxylic acids is 1. The number of amides is 1. The summed E-state index contributed by atoms with van der Waals surface area (Å²) >= 11 is 1.39. The number of likely N-dealkylation sites (N-methyl/N-ethyl adjacent to an activating group) is 1. The van der Waals surface area contributed by atoms with Gasteiger partial charge in [0.1, 0.15) is 22.8 Å². The predicted octanol–water partition coefficient (Wildman–Crippen LogP) is 2.76. The van der Waals surface area contributed by atoms with Crippen LogP contribution < -0.4 is 0 Å². The first-order chi connectivity index (χ1) is 12.1. The summed E-state index contributed by atoms with van der Waals surface area (Å²) in [5.74, 6) is -1.42. The minimum Gasteiger partial charge on any atom is -0.480 e. The Morgan fingerprint density at radius 2 is 2.16 bits per heavy atom. The smallest absolute Gasteiger partial charge is 0.326 e. The largest absolute Gasteiger partial charge is 0.480 e. The summed E-state index contributed by atoms with van der Waals surface area (Å²) in [4.78, 5) is 30.0. The number of nitrogens with zero attached hydrogens (tertiary/aromatic N) is 2. The molecular weight excluding hydrogens is 340 g/mol. The fourth-order valence-corrected chi connectivity index (χ4v) is 3.73. The van der Waals surface area contributed by atoms with Crippen LogP contribution in [0.3, 0.4) is 0 Å². The van der Waals surface area contributed by atoms with Crippen LogP contribution in [0.25, 0.3) is 0 Å². The van der Waals surface area contributed by atoms with Crippen molar-refractivity contribution >= 4 is 23.2 Å². The molecule has 0 saturated carbocycles. The van der Waals surface area contributed by atoms with Crippen LogP contribution in [0.1, 0.15) is 40.0 Å². The van der Waals surface area contributed by atoms with E-state index in [1.165, 1.54) is 23.3 Å². The van der Waals surface area contributed by atoms with Gasteiger partial charge in [0, 0.05) is 25.5 Å². The molecule has 1 aromatic carbocycles. The number of benzene rings is 1. The van der Waals surface area contributed by atoms with E-state index in [0.717, 1.165) is 23.4 Å². The number of ether oxygens (including phenoxy) is 1. The van der Waals surface area contributed by atoms with Crippen LogP contribution in [0, 0.1) is 0 Å².